The molecule has 0 saturated carbocycles. The molecule has 6 N–H and O–H groups in total. The van der Waals surface area contributed by atoms with Gasteiger partial charge in [0.15, 0.2) is 12.4 Å². The number of nitrogens with one attached hydrogen (secondary N) is 1. The van der Waals surface area contributed by atoms with Crippen LogP contribution in [0.15, 0.2) is 12.2 Å². The molecule has 1 saturated heterocycles. The summed E-state index contributed by atoms with van der Waals surface area (Å²) in [6.45, 7) is 5.85. The zero-order valence-electron chi connectivity index (χ0n) is 53.4. The van der Waals surface area contributed by atoms with Gasteiger partial charge in [0, 0.05) is 6.42 Å². The van der Waals surface area contributed by atoms with Gasteiger partial charge in [0.25, 0.3) is 0 Å². The Hall–Kier alpha value is -1.60. The lowest BCUT2D eigenvalue weighted by molar-refractivity contribution is -0.305. The Kier molecular flexibility index (Phi) is 56.2. The Bertz CT molecular complexity index is 1370. The number of carbonyl (C=O) groups excluding carboxylic acids is 2. The van der Waals surface area contributed by atoms with Gasteiger partial charge in [0.1, 0.15) is 24.4 Å². The summed E-state index contributed by atoms with van der Waals surface area (Å²) in [7, 11) is 0. The highest BCUT2D eigenvalue weighted by Gasteiger charge is 2.47. The van der Waals surface area contributed by atoms with E-state index in [-0.39, 0.29) is 13.0 Å². The Morgan fingerprint density at radius 2 is 0.802 bits per heavy atom. The van der Waals surface area contributed by atoms with Gasteiger partial charge in [-0.05, 0) is 25.7 Å². The summed E-state index contributed by atoms with van der Waals surface area (Å²) in [5.74, 6) is -1.17. The summed E-state index contributed by atoms with van der Waals surface area (Å²) >= 11 is 0. The maximum absolute atomic E-state index is 13.4. The molecule has 8 atom stereocenters. The summed E-state index contributed by atoms with van der Waals surface area (Å²) in [5, 5.41) is 57.2. The summed E-state index contributed by atoms with van der Waals surface area (Å²) in [5.41, 5.74) is 0. The summed E-state index contributed by atoms with van der Waals surface area (Å²) in [6.07, 6.45) is 58.3. The molecule has 11 nitrogen and oxygen atoms in total. The number of unbranched alkanes of at least 4 members (excludes halogenated alkanes) is 48. The molecule has 1 aliphatic rings. The molecule has 1 aliphatic heterocycles. The van der Waals surface area contributed by atoms with Crippen molar-refractivity contribution >= 4 is 11.9 Å². The molecule has 1 fully saturated rings. The average molecular weight is 1150 g/mol. The van der Waals surface area contributed by atoms with Crippen LogP contribution in [0.3, 0.4) is 0 Å². The highest BCUT2D eigenvalue weighted by Crippen LogP contribution is 2.27. The zero-order valence-corrected chi connectivity index (χ0v) is 53.4. The molecule has 0 aromatic carbocycles. The van der Waals surface area contributed by atoms with Crippen molar-refractivity contribution in [3.8, 4) is 0 Å². The Labute approximate surface area is 499 Å². The summed E-state index contributed by atoms with van der Waals surface area (Å²) < 4.78 is 17.7. The maximum Gasteiger partial charge on any atom is 0.306 e. The van der Waals surface area contributed by atoms with Crippen molar-refractivity contribution in [2.45, 2.75) is 410 Å². The highest BCUT2D eigenvalue weighted by molar-refractivity contribution is 5.80. The van der Waals surface area contributed by atoms with Crippen molar-refractivity contribution in [3.63, 3.8) is 0 Å². The number of aliphatic hydroxyl groups is 5. The smallest absolute Gasteiger partial charge is 0.306 e. The molecule has 0 aliphatic carbocycles. The number of hydrogen-bond acceptors (Lipinski definition) is 10. The Morgan fingerprint density at radius 3 is 1.16 bits per heavy atom. The fraction of sp³-hybridized carbons (Fsp3) is 0.943. The molecule has 0 radical (unpaired) electrons. The molecule has 8 unspecified atom stereocenters. The number of amides is 1. The molecule has 0 aromatic heterocycles. The number of rotatable bonds is 62. The first-order chi connectivity index (χ1) is 39.7. The van der Waals surface area contributed by atoms with Crippen molar-refractivity contribution in [2.75, 3.05) is 13.2 Å². The van der Waals surface area contributed by atoms with E-state index in [0.717, 1.165) is 57.8 Å². The van der Waals surface area contributed by atoms with Crippen LogP contribution in [-0.4, -0.2) is 99.6 Å². The molecule has 1 rings (SSSR count). The topological polar surface area (TPSA) is 175 Å². The molecule has 81 heavy (non-hydrogen) atoms. The minimum Gasteiger partial charge on any atom is -0.454 e. The van der Waals surface area contributed by atoms with E-state index in [9.17, 15) is 35.1 Å². The van der Waals surface area contributed by atoms with Gasteiger partial charge < -0.3 is 45.1 Å². The fourth-order valence-electron chi connectivity index (χ4n) is 11.6. The van der Waals surface area contributed by atoms with E-state index < -0.39 is 67.4 Å². The van der Waals surface area contributed by atoms with Crippen LogP contribution in [0, 0.1) is 0 Å². The summed E-state index contributed by atoms with van der Waals surface area (Å²) in [6, 6.07) is -1.02. The molecular formula is C70H135NO10. The van der Waals surface area contributed by atoms with E-state index in [1.165, 1.54) is 257 Å². The second kappa shape index (κ2) is 58.8. The van der Waals surface area contributed by atoms with Crippen LogP contribution in [-0.2, 0) is 23.8 Å². The quantitative estimate of drug-likeness (QED) is 0.0195. The molecule has 0 aromatic rings. The minimum absolute atomic E-state index is 0.132. The van der Waals surface area contributed by atoms with Crippen LogP contribution in [0.4, 0.5) is 0 Å². The van der Waals surface area contributed by atoms with Crippen molar-refractivity contribution in [2.24, 2.45) is 0 Å². The van der Waals surface area contributed by atoms with E-state index in [1.807, 2.05) is 6.08 Å². The first-order valence-corrected chi connectivity index (χ1v) is 35.5. The number of esters is 1. The van der Waals surface area contributed by atoms with Gasteiger partial charge in [-0.2, -0.15) is 0 Å². The molecule has 1 heterocycles. The number of aliphatic hydroxyl groups excluding tert-OH is 5. The second-order valence-corrected chi connectivity index (χ2v) is 25.0. The Morgan fingerprint density at radius 1 is 0.469 bits per heavy atom. The lowest BCUT2D eigenvalue weighted by Crippen LogP contribution is -2.61. The fourth-order valence-corrected chi connectivity index (χ4v) is 11.6. The van der Waals surface area contributed by atoms with Gasteiger partial charge in [0.05, 0.1) is 25.4 Å². The van der Waals surface area contributed by atoms with E-state index in [2.05, 4.69) is 26.1 Å². The largest absolute Gasteiger partial charge is 0.454 e. The van der Waals surface area contributed by atoms with Crippen LogP contribution in [0.5, 0.6) is 0 Å². The van der Waals surface area contributed by atoms with E-state index in [0.29, 0.717) is 19.3 Å². The lowest BCUT2D eigenvalue weighted by Gasteiger charge is -2.41. The first-order valence-electron chi connectivity index (χ1n) is 35.5. The third-order valence-corrected chi connectivity index (χ3v) is 17.2. The van der Waals surface area contributed by atoms with Crippen molar-refractivity contribution < 1.29 is 49.3 Å². The number of carbonyl (C=O) groups is 2. The van der Waals surface area contributed by atoms with Crippen LogP contribution >= 0.6 is 0 Å². The van der Waals surface area contributed by atoms with Crippen LogP contribution < -0.4 is 5.32 Å². The SMILES string of the molecule is CCCCCCCCCCCCC/C=C/C(O)C(COC1OC(CO)C(O)C(O)C1OC(=O)CCCCCCCCCCCCCCCCCCCCCCCCCCC)NC(=O)C(O)CCCCCCCCCCCCCCCC. The van der Waals surface area contributed by atoms with Crippen LogP contribution in [0.25, 0.3) is 0 Å². The van der Waals surface area contributed by atoms with Gasteiger partial charge in [0.2, 0.25) is 5.91 Å². The number of ether oxygens (including phenoxy) is 3. The minimum atomic E-state index is -1.61. The van der Waals surface area contributed by atoms with Gasteiger partial charge in [-0.25, -0.2) is 0 Å². The molecule has 480 valence electrons. The molecule has 1 amide bonds. The van der Waals surface area contributed by atoms with E-state index in [4.69, 9.17) is 14.2 Å². The highest BCUT2D eigenvalue weighted by atomic mass is 16.7. The molecular weight excluding hydrogens is 1010 g/mol. The predicted molar refractivity (Wildman–Crippen MR) is 338 cm³/mol. The third kappa shape index (κ3) is 46.3. The van der Waals surface area contributed by atoms with Gasteiger partial charge in [-0.3, -0.25) is 9.59 Å². The Balaban J connectivity index is 2.54. The standard InChI is InChI=1S/C70H135NO10/c1-4-7-10-13-16-19-22-25-27-28-29-30-31-32-33-34-35-36-37-40-43-46-49-52-55-58-65(75)81-68-67(77)66(76)64(59-72)80-70(68)79-60-61(62(73)56-53-50-47-44-41-38-24-21-18-15-12-9-6-3)71-69(78)63(74)57-54-51-48-45-42-39-26-23-20-17-14-11-8-5-2/h53,56,61-64,66-68,70,72-74,76-77H,4-52,54-55,57-60H2,1-3H3,(H,71,78)/b56-53+. The zero-order chi connectivity index (χ0) is 58.9. The normalized spacial score (nSPS) is 18.6. The predicted octanol–water partition coefficient (Wildman–Crippen LogP) is 17.9. The molecule has 0 bridgehead atoms. The first kappa shape index (κ1) is 77.4. The summed E-state index contributed by atoms with van der Waals surface area (Å²) in [4.78, 5) is 26.6. The van der Waals surface area contributed by atoms with Crippen molar-refractivity contribution in [3.05, 3.63) is 12.2 Å². The van der Waals surface area contributed by atoms with Gasteiger partial charge in [-0.15, -0.1) is 0 Å². The molecule has 11 heteroatoms. The van der Waals surface area contributed by atoms with Crippen LogP contribution in [0.1, 0.15) is 361 Å². The number of hydrogen-bond donors (Lipinski definition) is 6. The van der Waals surface area contributed by atoms with Gasteiger partial charge >= 0.3 is 5.97 Å². The third-order valence-electron chi connectivity index (χ3n) is 17.2. The second-order valence-electron chi connectivity index (χ2n) is 25.0. The molecule has 0 spiro atoms. The van der Waals surface area contributed by atoms with Crippen molar-refractivity contribution in [1.82, 2.24) is 5.32 Å². The van der Waals surface area contributed by atoms with E-state index >= 15 is 0 Å². The average Bonchev–Trinajstić information content (AvgIpc) is 3.47. The number of allylic oxidation sites excluding steroid dienone is 1. The van der Waals surface area contributed by atoms with Crippen molar-refractivity contribution in [1.29, 1.82) is 0 Å². The lowest BCUT2D eigenvalue weighted by atomic mass is 9.99. The monoisotopic (exact) mass is 1150 g/mol. The maximum atomic E-state index is 13.4. The van der Waals surface area contributed by atoms with Gasteiger partial charge in [-0.1, -0.05) is 341 Å². The van der Waals surface area contributed by atoms with Crippen LogP contribution in [0.2, 0.25) is 0 Å². The van der Waals surface area contributed by atoms with E-state index in [1.54, 1.807) is 6.08 Å².